The van der Waals surface area contributed by atoms with E-state index in [4.69, 9.17) is 20.0 Å². The smallest absolute Gasteiger partial charge is 0.381 e. The van der Waals surface area contributed by atoms with Gasteiger partial charge in [-0.3, -0.25) is 28.3 Å². The number of Topliss-reactive ketones (excluding diaryl/α,β-unsaturated/α-hetero) is 1. The molecule has 0 saturated carbocycles. The number of allylic oxidation sites excluding steroid dienone is 3. The van der Waals surface area contributed by atoms with Gasteiger partial charge in [0.05, 0.1) is 53.2 Å². The molecule has 1 aromatic heterocycles. The molecule has 0 radical (unpaired) electrons. The Morgan fingerprint density at radius 1 is 0.892 bits per heavy atom. The van der Waals surface area contributed by atoms with Gasteiger partial charge in [0.25, 0.3) is 31.9 Å². The number of aromatic hydroxyl groups is 1. The molecule has 5 N–H and O–H groups in total. The molecule has 2 amide bonds. The summed E-state index contributed by atoms with van der Waals surface area (Å²) in [6.45, 7) is 2.44. The van der Waals surface area contributed by atoms with E-state index in [9.17, 15) is 59.8 Å². The fourth-order valence-corrected chi connectivity index (χ4v) is 7.86. The molecule has 2 aromatic carbocycles. The zero-order valence-electron chi connectivity index (χ0n) is 32.9. The normalized spacial score (nSPS) is 15.3. The number of ketones is 1. The summed E-state index contributed by atoms with van der Waals surface area (Å²) >= 11 is 0.633. The van der Waals surface area contributed by atoms with Crippen LogP contribution in [0.3, 0.4) is 0 Å². The predicted octanol–water partition coefficient (Wildman–Crippen LogP) is 3.00. The van der Waals surface area contributed by atoms with Crippen LogP contribution in [0.15, 0.2) is 90.6 Å². The lowest BCUT2D eigenvalue weighted by molar-refractivity contribution is -0.432. The largest absolute Gasteiger partial charge is 0.493 e. The Balaban J connectivity index is 1.72. The topological polar surface area (TPSA) is 364 Å². The molecule has 0 aliphatic carbocycles. The van der Waals surface area contributed by atoms with Gasteiger partial charge in [-0.25, -0.2) is 20.1 Å². The van der Waals surface area contributed by atoms with E-state index in [0.29, 0.717) is 33.8 Å². The van der Waals surface area contributed by atoms with E-state index in [-0.39, 0.29) is 47.9 Å². The number of nitrogens with zero attached hydrogens (tertiary/aromatic N) is 5. The Hall–Kier alpha value is -6.16. The van der Waals surface area contributed by atoms with E-state index >= 15 is 0 Å². The quantitative estimate of drug-likeness (QED) is 0.0110. The summed E-state index contributed by atoms with van der Waals surface area (Å²) in [7, 11) is -10.2. The highest BCUT2D eigenvalue weighted by molar-refractivity contribution is 7.94. The van der Waals surface area contributed by atoms with Crippen LogP contribution >= 0.6 is 24.1 Å². The maximum absolute atomic E-state index is 14.1. The lowest BCUT2D eigenvalue weighted by Crippen LogP contribution is -2.25. The number of likely N-dealkylation sites (tertiary alicyclic amines) is 1. The minimum Gasteiger partial charge on any atom is -0.493 e. The number of carbonyl (C=O) groups is 6. The van der Waals surface area contributed by atoms with Gasteiger partial charge in [0, 0.05) is 34.9 Å². The predicted molar refractivity (Wildman–Crippen MR) is 216 cm³/mol. The third-order valence-corrected chi connectivity index (χ3v) is 11.5. The zero-order valence-corrected chi connectivity index (χ0v) is 36.2. The van der Waals surface area contributed by atoms with E-state index in [1.807, 2.05) is 0 Å². The van der Waals surface area contributed by atoms with E-state index < -0.39 is 105 Å². The Bertz CT molecular complexity index is 2800. The van der Waals surface area contributed by atoms with E-state index in [2.05, 4.69) is 28.9 Å². The number of hydrogen-bond donors (Lipinski definition) is 5. The molecule has 30 heteroatoms. The first-order valence-electron chi connectivity index (χ1n) is 17.9. The Kier molecular flexibility index (Phi) is 16.3. The van der Waals surface area contributed by atoms with Crippen molar-refractivity contribution in [3.63, 3.8) is 0 Å². The van der Waals surface area contributed by atoms with Crippen molar-refractivity contribution in [1.29, 1.82) is 0 Å². The Morgan fingerprint density at radius 2 is 1.49 bits per heavy atom. The minimum atomic E-state index is -5.13. The summed E-state index contributed by atoms with van der Waals surface area (Å²) in [5, 5.41) is 44.0. The van der Waals surface area contributed by atoms with Crippen molar-refractivity contribution in [2.75, 3.05) is 18.2 Å². The van der Waals surface area contributed by atoms with Crippen LogP contribution in [0.25, 0.3) is 11.8 Å². The first kappa shape index (κ1) is 49.8. The van der Waals surface area contributed by atoms with Crippen molar-refractivity contribution in [2.45, 2.75) is 52.7 Å². The molecule has 3 aromatic rings. The molecule has 3 heterocycles. The zero-order chi connectivity index (χ0) is 47.8. The summed E-state index contributed by atoms with van der Waals surface area (Å²) in [5.74, 6) is -8.35. The molecule has 2 aliphatic heterocycles. The molecule has 1 fully saturated rings. The number of rotatable bonds is 19. The van der Waals surface area contributed by atoms with Crippen LogP contribution in [0, 0.1) is 0 Å². The SMILES string of the molecule is CCOC(=O)C(=O)c1nn(-c2cc(SOOO)ccc2S(=O)(=O)O)c(O)c1/C=C/C(=C/C=C1\C(=O)N(c2cc(SOOO)ccc2S(=O)(=O)O)N=C1C(=O)OC(=O)CC)N1CCCC1=O. The van der Waals surface area contributed by atoms with Crippen LogP contribution in [0.1, 0.15) is 49.2 Å². The van der Waals surface area contributed by atoms with E-state index in [1.165, 1.54) is 13.8 Å². The van der Waals surface area contributed by atoms with Crippen molar-refractivity contribution < 1.29 is 98.5 Å². The number of carbonyl (C=O) groups excluding carboxylic acids is 6. The molecule has 0 atom stereocenters. The summed E-state index contributed by atoms with van der Waals surface area (Å²) in [6, 6.07) is 5.69. The third-order valence-electron chi connectivity index (χ3n) is 8.56. The highest BCUT2D eigenvalue weighted by Gasteiger charge is 2.39. The molecule has 346 valence electrons. The monoisotopic (exact) mass is 985 g/mol. The molecule has 0 spiro atoms. The van der Waals surface area contributed by atoms with Crippen molar-refractivity contribution in [3.05, 3.63) is 77.2 Å². The van der Waals surface area contributed by atoms with Crippen LogP contribution in [0.2, 0.25) is 0 Å². The molecular formula is C35H31N5O21S4. The van der Waals surface area contributed by atoms with Crippen LogP contribution in [-0.4, -0.2) is 111 Å². The van der Waals surface area contributed by atoms with Crippen molar-refractivity contribution >= 4 is 97.3 Å². The number of amides is 2. The lowest BCUT2D eigenvalue weighted by Gasteiger charge is -2.17. The average molecular weight is 986 g/mol. The standard InChI is InChI=1S/C35H31N5O21S4/c1-3-28(42)57-34(46)30-22(33(45)40(37-30)24-17-20(63-61-59-49)10-14-26(24)65(53,54)55)12-8-18(38-15-5-6-27(38)41)7-11-21-29(31(43)35(47)56-4-2)36-39(32(21)44)23-16-19(62-60-58-48)9-13-25(23)64(50,51)52/h7-14,16-17,44,48-49H,3-6,15H2,1-2H3,(H,50,51,52)(H,53,54,55)/b11-7+,18-8-,22-12-. The fraction of sp³-hybridized carbons (Fsp3) is 0.200. The third kappa shape index (κ3) is 11.6. The maximum atomic E-state index is 14.1. The number of anilines is 1. The van der Waals surface area contributed by atoms with E-state index in [0.717, 1.165) is 65.6 Å². The number of hydrogen-bond acceptors (Lipinski definition) is 23. The summed E-state index contributed by atoms with van der Waals surface area (Å²) < 4.78 is 88.4. The van der Waals surface area contributed by atoms with Gasteiger partial charge in [-0.2, -0.15) is 36.7 Å². The second-order valence-corrected chi connectivity index (χ2v) is 16.9. The summed E-state index contributed by atoms with van der Waals surface area (Å²) in [6.07, 6.45) is 3.94. The lowest BCUT2D eigenvalue weighted by atomic mass is 10.1. The molecule has 2 aliphatic rings. The number of esters is 3. The van der Waals surface area contributed by atoms with Crippen LogP contribution in [-0.2, 0) is 72.4 Å². The highest BCUT2D eigenvalue weighted by Crippen LogP contribution is 2.36. The van der Waals surface area contributed by atoms with Crippen molar-refractivity contribution in [3.8, 4) is 11.6 Å². The molecule has 1 saturated heterocycles. The van der Waals surface area contributed by atoms with Crippen LogP contribution in [0.4, 0.5) is 5.69 Å². The van der Waals surface area contributed by atoms with Gasteiger partial charge in [0.1, 0.15) is 9.79 Å². The number of aromatic nitrogens is 2. The molecule has 0 unspecified atom stereocenters. The van der Waals surface area contributed by atoms with Gasteiger partial charge in [-0.15, -0.1) is 8.67 Å². The molecular weight excluding hydrogens is 955 g/mol. The van der Waals surface area contributed by atoms with Crippen LogP contribution < -0.4 is 5.01 Å². The molecule has 65 heavy (non-hydrogen) atoms. The Labute approximate surface area is 373 Å². The van der Waals surface area contributed by atoms with Crippen molar-refractivity contribution in [1.82, 2.24) is 14.7 Å². The highest BCUT2D eigenvalue weighted by atomic mass is 32.2. The average Bonchev–Trinajstić information content (AvgIpc) is 3.94. The second kappa shape index (κ2) is 21.2. The molecule has 0 bridgehead atoms. The minimum absolute atomic E-state index is 0.00199. The van der Waals surface area contributed by atoms with Gasteiger partial charge in [-0.1, -0.05) is 17.0 Å². The first-order chi connectivity index (χ1) is 30.7. The first-order valence-corrected chi connectivity index (χ1v) is 22.3. The van der Waals surface area contributed by atoms with Gasteiger partial charge in [-0.05, 0) is 74.0 Å². The number of ether oxygens (including phenoxy) is 2. The van der Waals surface area contributed by atoms with Gasteiger partial charge in [0.15, 0.2) is 11.4 Å². The summed E-state index contributed by atoms with van der Waals surface area (Å²) in [5.41, 5.74) is -4.52. The maximum Gasteiger partial charge on any atom is 0.381 e. The molecule has 26 nitrogen and oxygen atoms in total. The van der Waals surface area contributed by atoms with Gasteiger partial charge in [0.2, 0.25) is 11.8 Å². The number of hydrazone groups is 1. The van der Waals surface area contributed by atoms with Gasteiger partial charge >= 0.3 is 17.9 Å². The van der Waals surface area contributed by atoms with Crippen molar-refractivity contribution in [2.24, 2.45) is 5.10 Å². The van der Waals surface area contributed by atoms with Gasteiger partial charge < -0.3 is 19.5 Å². The molecule has 5 rings (SSSR count). The number of benzene rings is 2. The summed E-state index contributed by atoms with van der Waals surface area (Å²) in [4.78, 5) is 78.0. The van der Waals surface area contributed by atoms with E-state index in [1.54, 1.807) is 0 Å². The fourth-order valence-electron chi connectivity index (χ4n) is 5.77. The van der Waals surface area contributed by atoms with Crippen LogP contribution in [0.5, 0.6) is 5.88 Å². The Morgan fingerprint density at radius 3 is 2.03 bits per heavy atom. The second-order valence-electron chi connectivity index (χ2n) is 12.5.